The Morgan fingerprint density at radius 2 is 1.02 bits per heavy atom. The van der Waals surface area contributed by atoms with E-state index >= 15 is 0 Å². The van der Waals surface area contributed by atoms with Crippen LogP contribution in [0, 0.1) is 0 Å². The molecule has 1 aliphatic rings. The average Bonchev–Trinajstić information content (AvgIpc) is 3.76. The highest BCUT2D eigenvalue weighted by Gasteiger charge is 2.18. The first kappa shape index (κ1) is 24.6. The lowest BCUT2D eigenvalue weighted by Gasteiger charge is -2.10. The predicted octanol–water partition coefficient (Wildman–Crippen LogP) is 9.65. The number of aromatic nitrogens is 2. The van der Waals surface area contributed by atoms with Gasteiger partial charge >= 0.3 is 0 Å². The van der Waals surface area contributed by atoms with E-state index in [0.29, 0.717) is 0 Å². The SMILES string of the molecule is C1=c2oc3c(-n4c5ccccc5c5cc(-c6ccc7c(c6)c6ccccc6n7-c6ccccc6)ccc54)cccc3c2=CCC1. The van der Waals surface area contributed by atoms with Crippen LogP contribution in [0.15, 0.2) is 138 Å². The summed E-state index contributed by atoms with van der Waals surface area (Å²) in [4.78, 5) is 0. The number of fused-ring (bicyclic) bond motifs is 9. The van der Waals surface area contributed by atoms with E-state index < -0.39 is 0 Å². The molecule has 3 aromatic heterocycles. The number of hydrogen-bond donors (Lipinski definition) is 0. The zero-order valence-corrected chi connectivity index (χ0v) is 24.6. The van der Waals surface area contributed by atoms with Gasteiger partial charge in [-0.05, 0) is 84.6 Å². The van der Waals surface area contributed by atoms with Gasteiger partial charge in [0.15, 0.2) is 5.58 Å². The molecule has 3 nitrogen and oxygen atoms in total. The number of furan rings is 1. The summed E-state index contributed by atoms with van der Waals surface area (Å²) in [6.45, 7) is 0. The van der Waals surface area contributed by atoms with E-state index in [1.54, 1.807) is 0 Å². The van der Waals surface area contributed by atoms with Crippen molar-refractivity contribution < 1.29 is 4.42 Å². The number of nitrogens with zero attached hydrogens (tertiary/aromatic N) is 2. The normalized spacial score (nSPS) is 13.1. The van der Waals surface area contributed by atoms with Gasteiger partial charge in [-0.3, -0.25) is 0 Å². The molecule has 45 heavy (non-hydrogen) atoms. The largest absolute Gasteiger partial charge is 0.454 e. The minimum atomic E-state index is 0.948. The molecule has 0 saturated heterocycles. The van der Waals surface area contributed by atoms with Crippen molar-refractivity contribution in [3.05, 3.63) is 144 Å². The predicted molar refractivity (Wildman–Crippen MR) is 188 cm³/mol. The lowest BCUT2D eigenvalue weighted by molar-refractivity contribution is 0.570. The molecule has 3 heteroatoms. The van der Waals surface area contributed by atoms with Crippen LogP contribution in [0.4, 0.5) is 0 Å². The molecule has 0 bridgehead atoms. The third kappa shape index (κ3) is 3.52. The van der Waals surface area contributed by atoms with Gasteiger partial charge in [0, 0.05) is 37.8 Å². The summed E-state index contributed by atoms with van der Waals surface area (Å²) in [6, 6.07) is 48.4. The van der Waals surface area contributed by atoms with E-state index in [4.69, 9.17) is 4.42 Å². The Kier molecular flexibility index (Phi) is 5.11. The highest BCUT2D eigenvalue weighted by molar-refractivity contribution is 6.13. The zero-order chi connectivity index (χ0) is 29.5. The minimum Gasteiger partial charge on any atom is -0.454 e. The number of rotatable bonds is 3. The minimum absolute atomic E-state index is 0.948. The standard InChI is InChI=1S/C42H28N2O/c1-2-11-29(12-3-1)43-36-17-7-4-13-30(36)34-25-27(21-23-38(34)43)28-22-24-39-35(26-28)31-14-5-8-18-37(31)44(39)40-19-10-16-33-32-15-6-9-20-41(32)45-42(33)40/h1-5,7-8,10-26H,6,9H2. The maximum atomic E-state index is 6.54. The molecule has 0 aliphatic heterocycles. The monoisotopic (exact) mass is 576 g/mol. The second kappa shape index (κ2) is 9.35. The topological polar surface area (TPSA) is 23.0 Å². The van der Waals surface area contributed by atoms with Crippen LogP contribution in [0.1, 0.15) is 12.8 Å². The molecule has 0 radical (unpaired) electrons. The molecule has 1 aliphatic carbocycles. The summed E-state index contributed by atoms with van der Waals surface area (Å²) in [5.74, 6) is 0. The number of benzene rings is 6. The van der Waals surface area contributed by atoms with Crippen molar-refractivity contribution in [2.75, 3.05) is 0 Å². The highest BCUT2D eigenvalue weighted by Crippen LogP contribution is 2.39. The van der Waals surface area contributed by atoms with Gasteiger partial charge in [-0.15, -0.1) is 0 Å². The van der Waals surface area contributed by atoms with Crippen molar-refractivity contribution in [3.8, 4) is 22.5 Å². The summed E-state index contributed by atoms with van der Waals surface area (Å²) in [5.41, 5.74) is 11.4. The molecule has 0 unspecified atom stereocenters. The van der Waals surface area contributed by atoms with Crippen molar-refractivity contribution in [1.29, 1.82) is 0 Å². The van der Waals surface area contributed by atoms with Crippen molar-refractivity contribution in [1.82, 2.24) is 9.13 Å². The molecular weight excluding hydrogens is 548 g/mol. The van der Waals surface area contributed by atoms with Gasteiger partial charge < -0.3 is 13.6 Å². The molecule has 0 amide bonds. The lowest BCUT2D eigenvalue weighted by atomic mass is 10.0. The van der Waals surface area contributed by atoms with Crippen molar-refractivity contribution >= 4 is 66.7 Å². The van der Waals surface area contributed by atoms with Crippen LogP contribution in [0.3, 0.4) is 0 Å². The third-order valence-corrected chi connectivity index (χ3v) is 9.54. The van der Waals surface area contributed by atoms with E-state index in [0.717, 1.165) is 29.5 Å². The average molecular weight is 577 g/mol. The van der Waals surface area contributed by atoms with Crippen LogP contribution in [-0.4, -0.2) is 9.13 Å². The van der Waals surface area contributed by atoms with Gasteiger partial charge in [-0.25, -0.2) is 0 Å². The molecule has 0 spiro atoms. The number of hydrogen-bond acceptors (Lipinski definition) is 1. The smallest absolute Gasteiger partial charge is 0.159 e. The molecule has 0 atom stereocenters. The molecule has 0 fully saturated rings. The van der Waals surface area contributed by atoms with Crippen molar-refractivity contribution in [2.45, 2.75) is 12.8 Å². The summed E-state index contributed by atoms with van der Waals surface area (Å²) in [7, 11) is 0. The summed E-state index contributed by atoms with van der Waals surface area (Å²) in [5, 5.41) is 7.41. The Morgan fingerprint density at radius 1 is 0.444 bits per heavy atom. The van der Waals surface area contributed by atoms with Gasteiger partial charge in [0.25, 0.3) is 0 Å². The zero-order valence-electron chi connectivity index (χ0n) is 24.6. The van der Waals surface area contributed by atoms with Crippen LogP contribution < -0.4 is 10.6 Å². The first-order valence-electron chi connectivity index (χ1n) is 15.7. The molecule has 9 aromatic rings. The van der Waals surface area contributed by atoms with Gasteiger partial charge in [-0.1, -0.05) is 84.9 Å². The molecule has 0 N–H and O–H groups in total. The molecule has 10 rings (SSSR count). The highest BCUT2D eigenvalue weighted by atomic mass is 16.3. The lowest BCUT2D eigenvalue weighted by Crippen LogP contribution is -2.21. The Morgan fingerprint density at radius 3 is 1.76 bits per heavy atom. The Labute approximate surface area is 259 Å². The molecular formula is C42H28N2O. The van der Waals surface area contributed by atoms with E-state index in [2.05, 4.69) is 155 Å². The fraction of sp³-hybridized carbons (Fsp3) is 0.0476. The van der Waals surface area contributed by atoms with Crippen LogP contribution >= 0.6 is 0 Å². The molecule has 0 saturated carbocycles. The molecule has 212 valence electrons. The Bertz CT molecular complexity index is 2760. The first-order chi connectivity index (χ1) is 22.3. The maximum Gasteiger partial charge on any atom is 0.159 e. The number of para-hydroxylation sites is 4. The van der Waals surface area contributed by atoms with E-state index in [9.17, 15) is 0 Å². The Hall–Kier alpha value is -5.80. The van der Waals surface area contributed by atoms with E-state index in [1.165, 1.54) is 71.0 Å². The molecule has 3 heterocycles. The van der Waals surface area contributed by atoms with Gasteiger partial charge in [0.05, 0.1) is 27.8 Å². The second-order valence-corrected chi connectivity index (χ2v) is 12.0. The first-order valence-corrected chi connectivity index (χ1v) is 15.7. The fourth-order valence-corrected chi connectivity index (χ4v) is 7.54. The molecule has 6 aromatic carbocycles. The van der Waals surface area contributed by atoms with Crippen LogP contribution in [0.25, 0.3) is 89.2 Å². The second-order valence-electron chi connectivity index (χ2n) is 12.0. The van der Waals surface area contributed by atoms with Crippen LogP contribution in [0.5, 0.6) is 0 Å². The quantitative estimate of drug-likeness (QED) is 0.205. The van der Waals surface area contributed by atoms with Gasteiger partial charge in [-0.2, -0.15) is 0 Å². The van der Waals surface area contributed by atoms with Crippen LogP contribution in [0.2, 0.25) is 0 Å². The fourth-order valence-electron chi connectivity index (χ4n) is 7.54. The van der Waals surface area contributed by atoms with Gasteiger partial charge in [0.2, 0.25) is 0 Å². The summed E-state index contributed by atoms with van der Waals surface area (Å²) in [6.07, 6.45) is 6.63. The summed E-state index contributed by atoms with van der Waals surface area (Å²) >= 11 is 0. The van der Waals surface area contributed by atoms with E-state index in [-0.39, 0.29) is 0 Å². The van der Waals surface area contributed by atoms with Crippen LogP contribution in [-0.2, 0) is 0 Å². The Balaban J connectivity index is 1.20. The van der Waals surface area contributed by atoms with E-state index in [1.807, 2.05) is 0 Å². The van der Waals surface area contributed by atoms with Gasteiger partial charge in [0.1, 0.15) is 5.42 Å². The van der Waals surface area contributed by atoms with Crippen molar-refractivity contribution in [2.24, 2.45) is 0 Å². The summed E-state index contributed by atoms with van der Waals surface area (Å²) < 4.78 is 11.3. The maximum absolute atomic E-state index is 6.54. The third-order valence-electron chi connectivity index (χ3n) is 9.54. The van der Waals surface area contributed by atoms with Crippen molar-refractivity contribution in [3.63, 3.8) is 0 Å².